The number of hydrogen-bond donors (Lipinski definition) is 2. The third-order valence-corrected chi connectivity index (χ3v) is 8.19. The quantitative estimate of drug-likeness (QED) is 0.537. The average Bonchev–Trinajstić information content (AvgIpc) is 3.05. The van der Waals surface area contributed by atoms with E-state index in [1.54, 1.807) is 24.3 Å². The van der Waals surface area contributed by atoms with Crippen LogP contribution in [0, 0.1) is 23.5 Å². The first-order valence-corrected chi connectivity index (χ1v) is 12.9. The molecule has 2 aromatic rings. The average molecular weight is 468 g/mol. The molecule has 6 heteroatoms. The van der Waals surface area contributed by atoms with Gasteiger partial charge >= 0.3 is 6.03 Å². The molecule has 2 heterocycles. The Morgan fingerprint density at radius 3 is 2.15 bits per heavy atom. The number of halogens is 2. The molecular weight excluding hydrogens is 432 g/mol. The number of rotatable bonds is 6. The van der Waals surface area contributed by atoms with E-state index in [2.05, 4.69) is 15.5 Å². The van der Waals surface area contributed by atoms with Gasteiger partial charge in [0.1, 0.15) is 11.6 Å². The topological polar surface area (TPSA) is 44.4 Å². The van der Waals surface area contributed by atoms with Crippen molar-refractivity contribution >= 4 is 11.7 Å². The summed E-state index contributed by atoms with van der Waals surface area (Å²) >= 11 is 0. The lowest BCUT2D eigenvalue weighted by molar-refractivity contribution is 0.0698. The fourth-order valence-corrected chi connectivity index (χ4v) is 6.56. The van der Waals surface area contributed by atoms with Gasteiger partial charge in [0, 0.05) is 30.4 Å². The first kappa shape index (κ1) is 23.3. The van der Waals surface area contributed by atoms with Crippen LogP contribution in [-0.4, -0.2) is 35.6 Å². The van der Waals surface area contributed by atoms with Gasteiger partial charge in [0.2, 0.25) is 0 Å². The molecule has 3 fully saturated rings. The Morgan fingerprint density at radius 2 is 1.47 bits per heavy atom. The largest absolute Gasteiger partial charge is 0.335 e. The zero-order valence-corrected chi connectivity index (χ0v) is 19.7. The Balaban J connectivity index is 1.16. The standard InChI is InChI=1S/C28H35F2N3O/c29-22-7-5-19(6-8-22)15-20-16-25-13-14-26(17-20)33(25)18-21-3-1-2-4-27(21)32-28(34)31-24-11-9-23(30)10-12-24/h5-12,20-21,25-27H,1-4,13-18H2,(H2,31,32,34)/t20?,21-,25?,26?,27+/m0/s1. The zero-order valence-electron chi connectivity index (χ0n) is 19.7. The highest BCUT2D eigenvalue weighted by Gasteiger charge is 2.42. The van der Waals surface area contributed by atoms with Crippen LogP contribution in [-0.2, 0) is 6.42 Å². The molecule has 2 aliphatic heterocycles. The second-order valence-electron chi connectivity index (χ2n) is 10.5. The minimum absolute atomic E-state index is 0.166. The predicted octanol–water partition coefficient (Wildman–Crippen LogP) is 6.13. The molecule has 0 aromatic heterocycles. The normalized spacial score (nSPS) is 29.1. The number of hydrogen-bond acceptors (Lipinski definition) is 2. The monoisotopic (exact) mass is 467 g/mol. The van der Waals surface area contributed by atoms with Gasteiger partial charge in [0.05, 0.1) is 0 Å². The van der Waals surface area contributed by atoms with Gasteiger partial charge in [0.25, 0.3) is 0 Å². The summed E-state index contributed by atoms with van der Waals surface area (Å²) in [5.41, 5.74) is 1.84. The van der Waals surface area contributed by atoms with E-state index in [0.29, 0.717) is 29.6 Å². The first-order chi connectivity index (χ1) is 16.5. The molecule has 2 amide bonds. The van der Waals surface area contributed by atoms with Crippen molar-refractivity contribution in [3.05, 3.63) is 65.7 Å². The molecule has 2 unspecified atom stereocenters. The second-order valence-corrected chi connectivity index (χ2v) is 10.5. The number of amides is 2. The van der Waals surface area contributed by atoms with E-state index in [0.717, 1.165) is 32.2 Å². The molecule has 4 nitrogen and oxygen atoms in total. The summed E-state index contributed by atoms with van der Waals surface area (Å²) in [4.78, 5) is 15.4. The highest BCUT2D eigenvalue weighted by atomic mass is 19.1. The Morgan fingerprint density at radius 1 is 0.853 bits per heavy atom. The van der Waals surface area contributed by atoms with Crippen LogP contribution >= 0.6 is 0 Å². The molecule has 4 atom stereocenters. The molecule has 34 heavy (non-hydrogen) atoms. The Bertz CT molecular complexity index is 951. The lowest BCUT2D eigenvalue weighted by atomic mass is 9.81. The molecule has 182 valence electrons. The van der Waals surface area contributed by atoms with Crippen molar-refractivity contribution < 1.29 is 13.6 Å². The smallest absolute Gasteiger partial charge is 0.319 e. The van der Waals surface area contributed by atoms with E-state index in [4.69, 9.17) is 0 Å². The van der Waals surface area contributed by atoms with E-state index in [-0.39, 0.29) is 23.7 Å². The lowest BCUT2D eigenvalue weighted by Gasteiger charge is -2.43. The molecule has 1 aliphatic carbocycles. The molecule has 3 aliphatic rings. The van der Waals surface area contributed by atoms with E-state index < -0.39 is 0 Å². The summed E-state index contributed by atoms with van der Waals surface area (Å²) < 4.78 is 26.4. The zero-order chi connectivity index (χ0) is 23.5. The highest BCUT2D eigenvalue weighted by molar-refractivity contribution is 5.89. The lowest BCUT2D eigenvalue weighted by Crippen LogP contribution is -2.51. The minimum Gasteiger partial charge on any atom is -0.335 e. The molecule has 2 aromatic carbocycles. The maximum atomic E-state index is 13.3. The van der Waals surface area contributed by atoms with Crippen LogP contribution in [0.3, 0.4) is 0 Å². The second kappa shape index (κ2) is 10.4. The minimum atomic E-state index is -0.311. The molecule has 2 saturated heterocycles. The van der Waals surface area contributed by atoms with Crippen molar-refractivity contribution in [2.24, 2.45) is 11.8 Å². The Labute approximate surface area is 201 Å². The van der Waals surface area contributed by atoms with Crippen LogP contribution in [0.25, 0.3) is 0 Å². The number of nitrogens with zero attached hydrogens (tertiary/aromatic N) is 1. The van der Waals surface area contributed by atoms with Gasteiger partial charge in [-0.3, -0.25) is 4.90 Å². The number of piperidine rings is 1. The van der Waals surface area contributed by atoms with Crippen LogP contribution in [0.1, 0.15) is 56.9 Å². The molecule has 0 spiro atoms. The van der Waals surface area contributed by atoms with E-state index in [1.165, 1.54) is 49.8 Å². The number of anilines is 1. The van der Waals surface area contributed by atoms with Crippen molar-refractivity contribution in [2.75, 3.05) is 11.9 Å². The van der Waals surface area contributed by atoms with Gasteiger partial charge in [-0.2, -0.15) is 0 Å². The van der Waals surface area contributed by atoms with Gasteiger partial charge < -0.3 is 10.6 Å². The van der Waals surface area contributed by atoms with Crippen LogP contribution in [0.4, 0.5) is 19.3 Å². The van der Waals surface area contributed by atoms with Crippen molar-refractivity contribution in [1.29, 1.82) is 0 Å². The fraction of sp³-hybridized carbons (Fsp3) is 0.536. The summed E-state index contributed by atoms with van der Waals surface area (Å²) in [6, 6.07) is 14.1. The number of nitrogens with one attached hydrogen (secondary N) is 2. The van der Waals surface area contributed by atoms with Crippen molar-refractivity contribution in [1.82, 2.24) is 10.2 Å². The van der Waals surface area contributed by atoms with Crippen molar-refractivity contribution in [3.8, 4) is 0 Å². The first-order valence-electron chi connectivity index (χ1n) is 12.9. The van der Waals surface area contributed by atoms with E-state index >= 15 is 0 Å². The van der Waals surface area contributed by atoms with Gasteiger partial charge in [-0.25, -0.2) is 13.6 Å². The molecule has 1 saturated carbocycles. The van der Waals surface area contributed by atoms with E-state index in [1.807, 2.05) is 12.1 Å². The van der Waals surface area contributed by atoms with Gasteiger partial charge in [0.15, 0.2) is 0 Å². The van der Waals surface area contributed by atoms with Crippen molar-refractivity contribution in [3.63, 3.8) is 0 Å². The number of carbonyl (C=O) groups is 1. The molecule has 5 rings (SSSR count). The van der Waals surface area contributed by atoms with Crippen LogP contribution < -0.4 is 10.6 Å². The molecule has 2 N–H and O–H groups in total. The van der Waals surface area contributed by atoms with E-state index in [9.17, 15) is 13.6 Å². The van der Waals surface area contributed by atoms with Crippen LogP contribution in [0.5, 0.6) is 0 Å². The number of fused-ring (bicyclic) bond motifs is 2. The van der Waals surface area contributed by atoms with Crippen LogP contribution in [0.15, 0.2) is 48.5 Å². The third-order valence-electron chi connectivity index (χ3n) is 8.19. The Kier molecular flexibility index (Phi) is 7.14. The van der Waals surface area contributed by atoms with Gasteiger partial charge in [-0.1, -0.05) is 25.0 Å². The molecular formula is C28H35F2N3O. The Hall–Kier alpha value is -2.47. The summed E-state index contributed by atoms with van der Waals surface area (Å²) in [6.07, 6.45) is 10.5. The SMILES string of the molecule is O=C(Nc1ccc(F)cc1)N[C@@H]1CCCC[C@H]1CN1C2CCC1CC(Cc1ccc(F)cc1)C2. The van der Waals surface area contributed by atoms with Gasteiger partial charge in [-0.05, 0) is 98.7 Å². The maximum absolute atomic E-state index is 13.3. The van der Waals surface area contributed by atoms with Crippen LogP contribution in [0.2, 0.25) is 0 Å². The highest BCUT2D eigenvalue weighted by Crippen LogP contribution is 2.41. The number of carbonyl (C=O) groups excluding carboxylic acids is 1. The maximum Gasteiger partial charge on any atom is 0.319 e. The van der Waals surface area contributed by atoms with Gasteiger partial charge in [-0.15, -0.1) is 0 Å². The predicted molar refractivity (Wildman–Crippen MR) is 131 cm³/mol. The summed E-state index contributed by atoms with van der Waals surface area (Å²) in [7, 11) is 0. The fourth-order valence-electron chi connectivity index (χ4n) is 6.56. The number of urea groups is 1. The summed E-state index contributed by atoms with van der Waals surface area (Å²) in [5.74, 6) is 0.653. The third kappa shape index (κ3) is 5.60. The summed E-state index contributed by atoms with van der Waals surface area (Å²) in [5, 5.41) is 6.07. The number of benzene rings is 2. The summed E-state index contributed by atoms with van der Waals surface area (Å²) in [6.45, 7) is 1.06. The molecule has 0 radical (unpaired) electrons. The van der Waals surface area contributed by atoms with Crippen molar-refractivity contribution in [2.45, 2.75) is 75.9 Å². The molecule has 2 bridgehead atoms.